The lowest BCUT2D eigenvalue weighted by atomic mass is 10.3. The van der Waals surface area contributed by atoms with E-state index in [0.29, 0.717) is 5.52 Å². The Balaban J connectivity index is 2.26. The number of halogens is 1. The number of fused-ring (bicyclic) bond motifs is 1. The summed E-state index contributed by atoms with van der Waals surface area (Å²) < 4.78 is 27.3. The van der Waals surface area contributed by atoms with Crippen molar-refractivity contribution in [2.45, 2.75) is 4.90 Å². The van der Waals surface area contributed by atoms with Gasteiger partial charge < -0.3 is 0 Å². The van der Waals surface area contributed by atoms with Crippen molar-refractivity contribution < 1.29 is 8.42 Å². The highest BCUT2D eigenvalue weighted by molar-refractivity contribution is 9.10. The molecule has 0 aliphatic carbocycles. The third kappa shape index (κ3) is 2.09. The van der Waals surface area contributed by atoms with Gasteiger partial charge in [0.15, 0.2) is 0 Å². The zero-order valence-electron chi connectivity index (χ0n) is 9.82. The molecule has 0 amide bonds. The number of aromatic nitrogens is 1. The van der Waals surface area contributed by atoms with E-state index in [0.717, 1.165) is 9.86 Å². The summed E-state index contributed by atoms with van der Waals surface area (Å²) in [6, 6.07) is 15.9. The molecule has 0 saturated heterocycles. The molecule has 0 saturated carbocycles. The molecule has 3 aromatic rings. The first kappa shape index (κ1) is 12.4. The van der Waals surface area contributed by atoms with Crippen molar-refractivity contribution in [2.24, 2.45) is 0 Å². The quantitative estimate of drug-likeness (QED) is 0.717. The zero-order chi connectivity index (χ0) is 13.5. The van der Waals surface area contributed by atoms with E-state index in [4.69, 9.17) is 0 Å². The number of hydrogen-bond donors (Lipinski definition) is 0. The van der Waals surface area contributed by atoms with Gasteiger partial charge in [-0.3, -0.25) is 0 Å². The molecule has 0 fully saturated rings. The molecular formula is C14H10BrNO2S. The molecule has 0 bridgehead atoms. The molecule has 19 heavy (non-hydrogen) atoms. The largest absolute Gasteiger partial charge is 0.268 e. The van der Waals surface area contributed by atoms with E-state index in [1.54, 1.807) is 42.6 Å². The molecule has 1 heterocycles. The molecule has 0 unspecified atom stereocenters. The first-order chi connectivity index (χ1) is 9.09. The van der Waals surface area contributed by atoms with Crippen LogP contribution in [0.3, 0.4) is 0 Å². The smallest absolute Gasteiger partial charge is 0.241 e. The van der Waals surface area contributed by atoms with E-state index in [2.05, 4.69) is 15.9 Å². The van der Waals surface area contributed by atoms with E-state index < -0.39 is 10.0 Å². The predicted molar refractivity (Wildman–Crippen MR) is 78.7 cm³/mol. The average Bonchev–Trinajstić information content (AvgIpc) is 2.83. The molecule has 0 atom stereocenters. The summed E-state index contributed by atoms with van der Waals surface area (Å²) in [5, 5.41) is 0.904. The molecular weight excluding hydrogens is 326 g/mol. The van der Waals surface area contributed by atoms with Gasteiger partial charge in [0.25, 0.3) is 10.0 Å². The Morgan fingerprint density at radius 1 is 0.947 bits per heavy atom. The van der Waals surface area contributed by atoms with Gasteiger partial charge >= 0.3 is 0 Å². The second kappa shape index (κ2) is 4.51. The van der Waals surface area contributed by atoms with Gasteiger partial charge in [-0.05, 0) is 30.3 Å². The highest BCUT2D eigenvalue weighted by Crippen LogP contribution is 2.23. The molecule has 3 nitrogen and oxygen atoms in total. The van der Waals surface area contributed by atoms with Crippen LogP contribution in [0.1, 0.15) is 0 Å². The molecule has 0 radical (unpaired) electrons. The standard InChI is InChI=1S/C14H10BrNO2S/c15-12-5-3-6-13(10-12)19(17,18)16-9-8-11-4-1-2-7-14(11)16/h1-10H. The molecule has 5 heteroatoms. The highest BCUT2D eigenvalue weighted by Gasteiger charge is 2.18. The van der Waals surface area contributed by atoms with Crippen LogP contribution in [0.4, 0.5) is 0 Å². The average molecular weight is 336 g/mol. The highest BCUT2D eigenvalue weighted by atomic mass is 79.9. The molecule has 1 aromatic heterocycles. The SMILES string of the molecule is O=S(=O)(c1cccc(Br)c1)n1ccc2ccccc21. The minimum absolute atomic E-state index is 0.267. The minimum atomic E-state index is -3.56. The van der Waals surface area contributed by atoms with Gasteiger partial charge in [0.05, 0.1) is 10.4 Å². The minimum Gasteiger partial charge on any atom is -0.241 e. The molecule has 3 rings (SSSR count). The fourth-order valence-electron chi connectivity index (χ4n) is 2.01. The summed E-state index contributed by atoms with van der Waals surface area (Å²) >= 11 is 3.29. The Morgan fingerprint density at radius 2 is 1.74 bits per heavy atom. The maximum Gasteiger partial charge on any atom is 0.268 e. The molecule has 96 valence electrons. The van der Waals surface area contributed by atoms with Gasteiger partial charge in [0.2, 0.25) is 0 Å². The Hall–Kier alpha value is -1.59. The van der Waals surface area contributed by atoms with Crippen LogP contribution in [0.15, 0.2) is 70.2 Å². The van der Waals surface area contributed by atoms with Gasteiger partial charge in [-0.1, -0.05) is 40.2 Å². The van der Waals surface area contributed by atoms with Gasteiger partial charge in [-0.15, -0.1) is 0 Å². The van der Waals surface area contributed by atoms with E-state index in [1.807, 2.05) is 18.2 Å². The zero-order valence-corrected chi connectivity index (χ0v) is 12.2. The molecule has 0 N–H and O–H groups in total. The van der Waals surface area contributed by atoms with Crippen LogP contribution in [0.2, 0.25) is 0 Å². The molecule has 0 aliphatic rings. The van der Waals surface area contributed by atoms with Crippen molar-refractivity contribution in [3.8, 4) is 0 Å². The van der Waals surface area contributed by atoms with E-state index in [1.165, 1.54) is 3.97 Å². The summed E-state index contributed by atoms with van der Waals surface area (Å²) in [4.78, 5) is 0.267. The van der Waals surface area contributed by atoms with Crippen LogP contribution in [0.25, 0.3) is 10.9 Å². The molecule has 0 spiro atoms. The summed E-state index contributed by atoms with van der Waals surface area (Å²) in [5.41, 5.74) is 0.683. The van der Waals surface area contributed by atoms with Crippen LogP contribution < -0.4 is 0 Å². The van der Waals surface area contributed by atoms with Crippen molar-refractivity contribution in [1.29, 1.82) is 0 Å². The Morgan fingerprint density at radius 3 is 2.53 bits per heavy atom. The van der Waals surface area contributed by atoms with Crippen LogP contribution in [-0.4, -0.2) is 12.4 Å². The monoisotopic (exact) mass is 335 g/mol. The topological polar surface area (TPSA) is 39.1 Å². The van der Waals surface area contributed by atoms with Crippen LogP contribution in [0, 0.1) is 0 Å². The van der Waals surface area contributed by atoms with Gasteiger partial charge in [0, 0.05) is 16.1 Å². The van der Waals surface area contributed by atoms with Gasteiger partial charge in [0.1, 0.15) is 0 Å². The first-order valence-electron chi connectivity index (χ1n) is 5.66. The van der Waals surface area contributed by atoms with Crippen molar-refractivity contribution in [2.75, 3.05) is 0 Å². The lowest BCUT2D eigenvalue weighted by Gasteiger charge is -2.07. The first-order valence-corrected chi connectivity index (χ1v) is 7.89. The second-order valence-corrected chi connectivity index (χ2v) is 6.86. The lowest BCUT2D eigenvalue weighted by molar-refractivity contribution is 0.589. The predicted octanol–water partition coefficient (Wildman–Crippen LogP) is 3.64. The fourth-order valence-corrected chi connectivity index (χ4v) is 3.96. The Labute approximate surface area is 119 Å². The van der Waals surface area contributed by atoms with Crippen LogP contribution >= 0.6 is 15.9 Å². The van der Waals surface area contributed by atoms with Crippen molar-refractivity contribution in [3.63, 3.8) is 0 Å². The summed E-state index contributed by atoms with van der Waals surface area (Å²) in [6.45, 7) is 0. The summed E-state index contributed by atoms with van der Waals surface area (Å²) in [6.07, 6.45) is 1.58. The molecule has 0 aliphatic heterocycles. The third-order valence-corrected chi connectivity index (χ3v) is 5.10. The van der Waals surface area contributed by atoms with E-state index in [9.17, 15) is 8.42 Å². The maximum atomic E-state index is 12.6. The van der Waals surface area contributed by atoms with E-state index >= 15 is 0 Å². The van der Waals surface area contributed by atoms with Crippen molar-refractivity contribution in [3.05, 3.63) is 65.3 Å². The van der Waals surface area contributed by atoms with Crippen LogP contribution in [0.5, 0.6) is 0 Å². The second-order valence-electron chi connectivity index (χ2n) is 4.13. The Bertz CT molecular complexity index is 853. The normalized spacial score (nSPS) is 11.8. The summed E-state index contributed by atoms with van der Waals surface area (Å²) in [5.74, 6) is 0. The summed E-state index contributed by atoms with van der Waals surface area (Å²) in [7, 11) is -3.56. The number of benzene rings is 2. The number of hydrogen-bond acceptors (Lipinski definition) is 2. The van der Waals surface area contributed by atoms with Gasteiger partial charge in [-0.2, -0.15) is 0 Å². The number of rotatable bonds is 2. The van der Waals surface area contributed by atoms with E-state index in [-0.39, 0.29) is 4.90 Å². The fraction of sp³-hybridized carbons (Fsp3) is 0. The lowest BCUT2D eigenvalue weighted by Crippen LogP contribution is -2.11. The van der Waals surface area contributed by atoms with Crippen LogP contribution in [-0.2, 0) is 10.0 Å². The van der Waals surface area contributed by atoms with Crippen molar-refractivity contribution in [1.82, 2.24) is 3.97 Å². The number of nitrogens with zero attached hydrogens (tertiary/aromatic N) is 1. The van der Waals surface area contributed by atoms with Gasteiger partial charge in [-0.25, -0.2) is 12.4 Å². The van der Waals surface area contributed by atoms with Crippen molar-refractivity contribution >= 4 is 36.9 Å². The third-order valence-electron chi connectivity index (χ3n) is 2.92. The number of para-hydroxylation sites is 1. The Kier molecular flexibility index (Phi) is 2.95. The molecule has 2 aromatic carbocycles. The maximum absolute atomic E-state index is 12.6.